The minimum absolute atomic E-state index is 0.275. The zero-order valence-electron chi connectivity index (χ0n) is 10.7. The Kier molecular flexibility index (Phi) is 3.24. The largest absolute Gasteiger partial charge is 0.386 e. The fraction of sp³-hybridized carbons (Fsp3) is 0.188. The third kappa shape index (κ3) is 2.09. The summed E-state index contributed by atoms with van der Waals surface area (Å²) in [5.74, 6) is -0.366. The number of hydrogen-bond acceptors (Lipinski definition) is 2. The van der Waals surface area contributed by atoms with Gasteiger partial charge in [-0.3, -0.25) is 4.79 Å². The van der Waals surface area contributed by atoms with Gasteiger partial charge in [-0.1, -0.05) is 48.5 Å². The Balaban J connectivity index is 1.99. The molecule has 2 N–H and O–H groups in total. The molecule has 0 bridgehead atoms. The number of nitrogens with one attached hydrogen (secondary N) is 1. The van der Waals surface area contributed by atoms with E-state index >= 15 is 0 Å². The lowest BCUT2D eigenvalue weighted by Gasteiger charge is -2.36. The van der Waals surface area contributed by atoms with Gasteiger partial charge in [-0.05, 0) is 11.6 Å². The van der Waals surface area contributed by atoms with Crippen molar-refractivity contribution in [3.05, 3.63) is 65.7 Å². The Labute approximate surface area is 122 Å². The zero-order chi connectivity index (χ0) is 14.2. The highest BCUT2D eigenvalue weighted by Crippen LogP contribution is 2.42. The van der Waals surface area contributed by atoms with Crippen LogP contribution in [0.4, 0.5) is 5.69 Å². The minimum Gasteiger partial charge on any atom is -0.386 e. The number of alkyl halides is 1. The third-order valence-corrected chi connectivity index (χ3v) is 4.13. The van der Waals surface area contributed by atoms with Crippen molar-refractivity contribution in [2.45, 2.75) is 17.4 Å². The van der Waals surface area contributed by atoms with E-state index < -0.39 is 11.0 Å². The van der Waals surface area contributed by atoms with E-state index in [1.807, 2.05) is 42.5 Å². The van der Waals surface area contributed by atoms with E-state index in [9.17, 15) is 9.90 Å². The molecule has 20 heavy (non-hydrogen) atoms. The first-order chi connectivity index (χ1) is 9.61. The van der Waals surface area contributed by atoms with Gasteiger partial charge >= 0.3 is 0 Å². The van der Waals surface area contributed by atoms with Gasteiger partial charge in [0.25, 0.3) is 0 Å². The van der Waals surface area contributed by atoms with E-state index in [1.165, 1.54) is 0 Å². The Morgan fingerprint density at radius 2 is 1.75 bits per heavy atom. The topological polar surface area (TPSA) is 49.3 Å². The van der Waals surface area contributed by atoms with Crippen molar-refractivity contribution in [2.24, 2.45) is 0 Å². The fourth-order valence-corrected chi connectivity index (χ4v) is 2.84. The van der Waals surface area contributed by atoms with Gasteiger partial charge in [-0.2, -0.15) is 0 Å². The van der Waals surface area contributed by atoms with Crippen molar-refractivity contribution in [3.63, 3.8) is 0 Å². The lowest BCUT2D eigenvalue weighted by Crippen LogP contribution is -2.48. The van der Waals surface area contributed by atoms with Crippen molar-refractivity contribution in [2.75, 3.05) is 5.32 Å². The van der Waals surface area contributed by atoms with Crippen LogP contribution in [0.25, 0.3) is 0 Å². The van der Waals surface area contributed by atoms with Gasteiger partial charge in [0.05, 0.1) is 0 Å². The summed E-state index contributed by atoms with van der Waals surface area (Å²) < 4.78 is 0. The molecule has 0 spiro atoms. The number of anilines is 1. The SMILES string of the molecule is O=C1Nc2ccccc2[C@@H](O)[C@]1(Cl)Cc1ccccc1. The summed E-state index contributed by atoms with van der Waals surface area (Å²) in [7, 11) is 0. The van der Waals surface area contributed by atoms with Crippen molar-refractivity contribution in [3.8, 4) is 0 Å². The number of fused-ring (bicyclic) bond motifs is 1. The maximum atomic E-state index is 12.3. The molecule has 0 saturated carbocycles. The summed E-state index contributed by atoms with van der Waals surface area (Å²) >= 11 is 6.48. The molecular formula is C16H14ClNO2. The first-order valence-electron chi connectivity index (χ1n) is 6.42. The van der Waals surface area contributed by atoms with Crippen LogP contribution in [-0.4, -0.2) is 15.9 Å². The Morgan fingerprint density at radius 1 is 1.10 bits per heavy atom. The van der Waals surface area contributed by atoms with Gasteiger partial charge in [0.15, 0.2) is 4.87 Å². The molecule has 4 heteroatoms. The summed E-state index contributed by atoms with van der Waals surface area (Å²) in [6, 6.07) is 16.6. The molecule has 1 amide bonds. The van der Waals surface area contributed by atoms with Gasteiger partial charge in [-0.15, -0.1) is 11.6 Å². The molecule has 0 fully saturated rings. The molecule has 3 nitrogen and oxygen atoms in total. The normalized spacial score (nSPS) is 24.9. The fourth-order valence-electron chi connectivity index (χ4n) is 2.52. The number of benzene rings is 2. The summed E-state index contributed by atoms with van der Waals surface area (Å²) in [6.45, 7) is 0. The number of para-hydroxylation sites is 1. The molecule has 0 aliphatic carbocycles. The number of carbonyl (C=O) groups is 1. The van der Waals surface area contributed by atoms with Gasteiger partial charge in [0.1, 0.15) is 6.10 Å². The highest BCUT2D eigenvalue weighted by molar-refractivity contribution is 6.38. The molecule has 0 saturated heterocycles. The number of halogens is 1. The first kappa shape index (κ1) is 13.2. The molecule has 0 unspecified atom stereocenters. The van der Waals surface area contributed by atoms with Crippen LogP contribution >= 0.6 is 11.6 Å². The summed E-state index contributed by atoms with van der Waals surface area (Å²) in [4.78, 5) is 10.9. The Bertz CT molecular complexity index is 644. The van der Waals surface area contributed by atoms with Crippen LogP contribution in [0.15, 0.2) is 54.6 Å². The van der Waals surface area contributed by atoms with E-state index in [1.54, 1.807) is 12.1 Å². The maximum Gasteiger partial charge on any atom is 0.248 e. The average Bonchev–Trinajstić information content (AvgIpc) is 2.47. The molecule has 2 aromatic carbocycles. The molecule has 0 radical (unpaired) electrons. The van der Waals surface area contributed by atoms with Crippen molar-refractivity contribution >= 4 is 23.2 Å². The molecule has 1 heterocycles. The van der Waals surface area contributed by atoms with Gasteiger partial charge in [-0.25, -0.2) is 0 Å². The van der Waals surface area contributed by atoms with Crippen molar-refractivity contribution in [1.29, 1.82) is 0 Å². The van der Waals surface area contributed by atoms with Crippen LogP contribution < -0.4 is 5.32 Å². The third-order valence-electron chi connectivity index (χ3n) is 3.62. The molecule has 102 valence electrons. The second kappa shape index (κ2) is 4.93. The van der Waals surface area contributed by atoms with Crippen LogP contribution in [-0.2, 0) is 11.2 Å². The summed E-state index contributed by atoms with van der Waals surface area (Å²) in [6.07, 6.45) is -0.759. The highest BCUT2D eigenvalue weighted by atomic mass is 35.5. The summed E-state index contributed by atoms with van der Waals surface area (Å²) in [5.41, 5.74) is 2.18. The highest BCUT2D eigenvalue weighted by Gasteiger charge is 2.48. The van der Waals surface area contributed by atoms with Gasteiger partial charge in [0, 0.05) is 17.7 Å². The van der Waals surface area contributed by atoms with E-state index in [4.69, 9.17) is 11.6 Å². The molecule has 2 atom stereocenters. The number of amides is 1. The van der Waals surface area contributed by atoms with Gasteiger partial charge < -0.3 is 10.4 Å². The van der Waals surface area contributed by atoms with Crippen LogP contribution in [0.2, 0.25) is 0 Å². The molecule has 1 aliphatic rings. The monoisotopic (exact) mass is 287 g/mol. The lowest BCUT2D eigenvalue weighted by atomic mass is 9.84. The molecule has 0 aromatic heterocycles. The number of aliphatic hydroxyl groups is 1. The maximum absolute atomic E-state index is 12.3. The zero-order valence-corrected chi connectivity index (χ0v) is 11.5. The predicted octanol–water partition coefficient (Wildman–Crippen LogP) is 2.89. The number of hydrogen-bond donors (Lipinski definition) is 2. The second-order valence-corrected chi connectivity index (χ2v) is 5.64. The molecule has 2 aromatic rings. The summed E-state index contributed by atoms with van der Waals surface area (Å²) in [5, 5.41) is 13.3. The quantitative estimate of drug-likeness (QED) is 0.835. The predicted molar refractivity (Wildman–Crippen MR) is 78.8 cm³/mol. The number of carbonyl (C=O) groups excluding carboxylic acids is 1. The number of rotatable bonds is 2. The van der Waals surface area contributed by atoms with Crippen LogP contribution in [0.5, 0.6) is 0 Å². The second-order valence-electron chi connectivity index (χ2n) is 4.97. The smallest absolute Gasteiger partial charge is 0.248 e. The van der Waals surface area contributed by atoms with E-state index in [0.29, 0.717) is 11.3 Å². The molecule has 1 aliphatic heterocycles. The molecular weight excluding hydrogens is 274 g/mol. The van der Waals surface area contributed by atoms with Crippen LogP contribution in [0.1, 0.15) is 17.2 Å². The van der Waals surface area contributed by atoms with Crippen molar-refractivity contribution in [1.82, 2.24) is 0 Å². The minimum atomic E-state index is -1.38. The van der Waals surface area contributed by atoms with E-state index in [2.05, 4.69) is 5.32 Å². The number of aliphatic hydroxyl groups excluding tert-OH is 1. The Morgan fingerprint density at radius 3 is 2.50 bits per heavy atom. The first-order valence-corrected chi connectivity index (χ1v) is 6.80. The van der Waals surface area contributed by atoms with Crippen LogP contribution in [0.3, 0.4) is 0 Å². The van der Waals surface area contributed by atoms with Gasteiger partial charge in [0.2, 0.25) is 5.91 Å². The van der Waals surface area contributed by atoms with E-state index in [0.717, 1.165) is 5.56 Å². The standard InChI is InChI=1S/C16H14ClNO2/c17-16(10-11-6-2-1-3-7-11)14(19)12-8-4-5-9-13(12)18-15(16)20/h1-9,14,19H,10H2,(H,18,20)/t14-,16-/m1/s1. The van der Waals surface area contributed by atoms with Crippen LogP contribution in [0, 0.1) is 0 Å². The van der Waals surface area contributed by atoms with Crippen molar-refractivity contribution < 1.29 is 9.90 Å². The Hall–Kier alpha value is -1.84. The average molecular weight is 288 g/mol. The lowest BCUT2D eigenvalue weighted by molar-refractivity contribution is -0.122. The van der Waals surface area contributed by atoms with E-state index in [-0.39, 0.29) is 12.3 Å². The molecule has 3 rings (SSSR count).